The Labute approximate surface area is 106 Å². The van der Waals surface area contributed by atoms with Crippen molar-refractivity contribution in [2.75, 3.05) is 31.5 Å². The number of ether oxygens (including phenoxy) is 2. The lowest BCUT2D eigenvalue weighted by atomic mass is 10.0. The highest BCUT2D eigenvalue weighted by Crippen LogP contribution is 2.15. The van der Waals surface area contributed by atoms with Gasteiger partial charge in [-0.2, -0.15) is 0 Å². The van der Waals surface area contributed by atoms with Gasteiger partial charge in [0.1, 0.15) is 5.75 Å². The molecule has 0 saturated heterocycles. The van der Waals surface area contributed by atoms with Gasteiger partial charge in [-0.3, -0.25) is 9.59 Å². The van der Waals surface area contributed by atoms with Crippen LogP contribution in [-0.4, -0.2) is 43.4 Å². The lowest BCUT2D eigenvalue weighted by Gasteiger charge is -2.15. The SMILES string of the molecule is C=C(C[S+](C)C)C(C(=O)OCC)C(=O)OCC. The molecule has 0 spiro atoms. The molecule has 0 atom stereocenters. The van der Waals surface area contributed by atoms with Gasteiger partial charge in [-0.1, -0.05) is 6.58 Å². The van der Waals surface area contributed by atoms with Crippen LogP contribution in [0.5, 0.6) is 0 Å². The topological polar surface area (TPSA) is 52.6 Å². The van der Waals surface area contributed by atoms with Gasteiger partial charge in [0.2, 0.25) is 0 Å². The molecule has 0 aromatic carbocycles. The minimum atomic E-state index is -0.982. The molecule has 0 fully saturated rings. The molecule has 0 saturated carbocycles. The summed E-state index contributed by atoms with van der Waals surface area (Å²) in [6, 6.07) is 0. The van der Waals surface area contributed by atoms with Crippen molar-refractivity contribution in [1.29, 1.82) is 0 Å². The fourth-order valence-electron chi connectivity index (χ4n) is 1.33. The van der Waals surface area contributed by atoms with Crippen molar-refractivity contribution < 1.29 is 19.1 Å². The Balaban J connectivity index is 4.77. The van der Waals surface area contributed by atoms with E-state index in [1.54, 1.807) is 13.8 Å². The van der Waals surface area contributed by atoms with Crippen molar-refractivity contribution in [3.63, 3.8) is 0 Å². The summed E-state index contributed by atoms with van der Waals surface area (Å²) in [6.45, 7) is 7.69. The number of carbonyl (C=O) groups excluding carboxylic acids is 2. The summed E-state index contributed by atoms with van der Waals surface area (Å²) in [6.07, 6.45) is 4.05. The van der Waals surface area contributed by atoms with Crippen LogP contribution in [-0.2, 0) is 30.0 Å². The molecule has 0 radical (unpaired) electrons. The van der Waals surface area contributed by atoms with Crippen molar-refractivity contribution in [2.24, 2.45) is 5.92 Å². The Morgan fingerprint density at radius 2 is 1.53 bits per heavy atom. The first kappa shape index (κ1) is 16.0. The van der Waals surface area contributed by atoms with Gasteiger partial charge in [0.05, 0.1) is 25.7 Å². The van der Waals surface area contributed by atoms with E-state index in [0.717, 1.165) is 0 Å². The smallest absolute Gasteiger partial charge is 0.324 e. The Kier molecular flexibility index (Phi) is 7.70. The minimum Gasteiger partial charge on any atom is -0.465 e. The fourth-order valence-corrected chi connectivity index (χ4v) is 2.24. The van der Waals surface area contributed by atoms with Crippen LogP contribution in [0.1, 0.15) is 13.8 Å². The fraction of sp³-hybridized carbons (Fsp3) is 0.667. The average Bonchev–Trinajstić information content (AvgIpc) is 2.17. The van der Waals surface area contributed by atoms with Crippen molar-refractivity contribution >= 4 is 22.8 Å². The molecule has 0 aliphatic heterocycles. The molecule has 0 amide bonds. The number of hydrogen-bond acceptors (Lipinski definition) is 4. The molecular formula is C12H21O4S+. The van der Waals surface area contributed by atoms with Crippen LogP contribution < -0.4 is 0 Å². The van der Waals surface area contributed by atoms with Crippen molar-refractivity contribution in [2.45, 2.75) is 13.8 Å². The summed E-state index contributed by atoms with van der Waals surface area (Å²) in [4.78, 5) is 23.4. The van der Waals surface area contributed by atoms with Crippen LogP contribution in [0.3, 0.4) is 0 Å². The molecule has 0 rings (SSSR count). The Hall–Kier alpha value is -0.970. The molecule has 0 heterocycles. The van der Waals surface area contributed by atoms with E-state index in [9.17, 15) is 9.59 Å². The van der Waals surface area contributed by atoms with E-state index in [0.29, 0.717) is 11.3 Å². The lowest BCUT2D eigenvalue weighted by Crippen LogP contribution is -2.31. The first-order valence-electron chi connectivity index (χ1n) is 5.49. The highest BCUT2D eigenvalue weighted by Gasteiger charge is 2.34. The van der Waals surface area contributed by atoms with Gasteiger partial charge < -0.3 is 9.47 Å². The zero-order valence-corrected chi connectivity index (χ0v) is 11.8. The van der Waals surface area contributed by atoms with Crippen LogP contribution >= 0.6 is 0 Å². The summed E-state index contributed by atoms with van der Waals surface area (Å²) in [7, 11) is 0.0777. The van der Waals surface area contributed by atoms with Gasteiger partial charge >= 0.3 is 11.9 Å². The lowest BCUT2D eigenvalue weighted by molar-refractivity contribution is -0.159. The summed E-state index contributed by atoms with van der Waals surface area (Å²) >= 11 is 0. The predicted molar refractivity (Wildman–Crippen MR) is 70.0 cm³/mol. The van der Waals surface area contributed by atoms with E-state index in [1.165, 1.54) is 0 Å². The largest absolute Gasteiger partial charge is 0.465 e. The highest BCUT2D eigenvalue weighted by molar-refractivity contribution is 7.95. The zero-order valence-electron chi connectivity index (χ0n) is 10.9. The number of hydrogen-bond donors (Lipinski definition) is 0. The third-order valence-corrected chi connectivity index (χ3v) is 2.88. The second-order valence-electron chi connectivity index (χ2n) is 3.73. The summed E-state index contributed by atoms with van der Waals surface area (Å²) < 4.78 is 9.75. The second-order valence-corrected chi connectivity index (χ2v) is 5.99. The average molecular weight is 261 g/mol. The van der Waals surface area contributed by atoms with Gasteiger partial charge in [0, 0.05) is 0 Å². The molecule has 0 N–H and O–H groups in total. The summed E-state index contributed by atoms with van der Waals surface area (Å²) in [5.74, 6) is -1.49. The van der Waals surface area contributed by atoms with Crippen LogP contribution in [0.4, 0.5) is 0 Å². The molecule has 0 unspecified atom stereocenters. The van der Waals surface area contributed by atoms with E-state index >= 15 is 0 Å². The van der Waals surface area contributed by atoms with E-state index < -0.39 is 17.9 Å². The molecule has 17 heavy (non-hydrogen) atoms. The predicted octanol–water partition coefficient (Wildman–Crippen LogP) is 1.16. The maximum atomic E-state index is 11.7. The Morgan fingerprint density at radius 1 is 1.12 bits per heavy atom. The number of esters is 2. The van der Waals surface area contributed by atoms with E-state index in [4.69, 9.17) is 9.47 Å². The highest BCUT2D eigenvalue weighted by atomic mass is 32.2. The van der Waals surface area contributed by atoms with E-state index in [1.807, 2.05) is 12.5 Å². The molecule has 0 aliphatic carbocycles. The van der Waals surface area contributed by atoms with Gasteiger partial charge in [0.15, 0.2) is 5.92 Å². The Bertz CT molecular complexity index is 268. The molecule has 4 nitrogen and oxygen atoms in total. The molecule has 5 heteroatoms. The molecule has 0 aliphatic rings. The first-order chi connectivity index (χ1) is 7.93. The van der Waals surface area contributed by atoms with Gasteiger partial charge in [-0.05, 0) is 30.3 Å². The van der Waals surface area contributed by atoms with Gasteiger partial charge in [0.25, 0.3) is 0 Å². The number of rotatable bonds is 7. The van der Waals surface area contributed by atoms with Crippen molar-refractivity contribution in [3.8, 4) is 0 Å². The van der Waals surface area contributed by atoms with Gasteiger partial charge in [-0.15, -0.1) is 0 Å². The van der Waals surface area contributed by atoms with Crippen LogP contribution in [0, 0.1) is 5.92 Å². The maximum absolute atomic E-state index is 11.7. The quantitative estimate of drug-likeness (QED) is 0.299. The summed E-state index contributed by atoms with van der Waals surface area (Å²) in [5.41, 5.74) is 0.565. The monoisotopic (exact) mass is 261 g/mol. The minimum absolute atomic E-state index is 0.0777. The van der Waals surface area contributed by atoms with Crippen molar-refractivity contribution in [3.05, 3.63) is 12.2 Å². The first-order valence-corrected chi connectivity index (χ1v) is 7.70. The molecule has 0 bridgehead atoms. The zero-order chi connectivity index (χ0) is 13.4. The van der Waals surface area contributed by atoms with E-state index in [2.05, 4.69) is 6.58 Å². The normalized spacial score (nSPS) is 10.5. The standard InChI is InChI=1S/C12H21O4S/c1-6-15-11(13)10(12(14)16-7-2)9(3)8-17(4)5/h10H,3,6-8H2,1-2,4-5H3/q+1. The van der Waals surface area contributed by atoms with Gasteiger partial charge in [-0.25, -0.2) is 0 Å². The molecule has 0 aromatic heterocycles. The summed E-state index contributed by atoms with van der Waals surface area (Å²) in [5, 5.41) is 0. The molecule has 98 valence electrons. The van der Waals surface area contributed by atoms with Crippen molar-refractivity contribution in [1.82, 2.24) is 0 Å². The van der Waals surface area contributed by atoms with Crippen LogP contribution in [0.15, 0.2) is 12.2 Å². The van der Waals surface area contributed by atoms with E-state index in [-0.39, 0.29) is 24.1 Å². The molecular weight excluding hydrogens is 240 g/mol. The number of carbonyl (C=O) groups is 2. The Morgan fingerprint density at radius 3 is 1.82 bits per heavy atom. The molecule has 0 aromatic rings. The van der Waals surface area contributed by atoms with Crippen LogP contribution in [0.2, 0.25) is 0 Å². The second kappa shape index (κ2) is 8.17. The maximum Gasteiger partial charge on any atom is 0.324 e. The van der Waals surface area contributed by atoms with Crippen LogP contribution in [0.25, 0.3) is 0 Å². The third kappa shape index (κ3) is 5.77. The third-order valence-electron chi connectivity index (χ3n) is 1.93.